The Kier molecular flexibility index (Phi) is 8.83. The van der Waals surface area contributed by atoms with E-state index in [1.54, 1.807) is 31.1 Å². The number of hydrogen-bond donors (Lipinski definition) is 1. The molecule has 0 aliphatic carbocycles. The van der Waals surface area contributed by atoms with Crippen LogP contribution >= 0.6 is 0 Å². The second-order valence-electron chi connectivity index (χ2n) is 12.1. The monoisotopic (exact) mass is 637 g/mol. The first-order valence-electron chi connectivity index (χ1n) is 15.9. The van der Waals surface area contributed by atoms with Crippen molar-refractivity contribution in [3.8, 4) is 11.5 Å². The molecule has 13 nitrogen and oxygen atoms in total. The van der Waals surface area contributed by atoms with Crippen molar-refractivity contribution in [2.45, 2.75) is 37.9 Å². The standard InChI is InChI=1S/C34H39N9O4/c1-23-17-25(6-7-28(23)47-26-10-15-42-31(18-26)35-21-37-42)39-34-33-27(11-16-43(33)38-22-36-34)24-8-13-41(14-9-24)32(44)5-4-12-40-19-29(45-2)30(20-40)46-3/h4-7,10-11,15-18,21-22,24,29-30H,8-9,12-14,19-20H2,1-3H3,(H,36,38,39)/b5-4+/t29-,30+. The average molecular weight is 638 g/mol. The Morgan fingerprint density at radius 3 is 2.47 bits per heavy atom. The molecule has 7 rings (SSSR count). The minimum Gasteiger partial charge on any atom is -0.457 e. The maximum Gasteiger partial charge on any atom is 0.246 e. The second-order valence-corrected chi connectivity index (χ2v) is 12.1. The molecule has 2 fully saturated rings. The van der Waals surface area contributed by atoms with Gasteiger partial charge in [-0.1, -0.05) is 6.08 Å². The van der Waals surface area contributed by atoms with Gasteiger partial charge in [-0.3, -0.25) is 9.69 Å². The molecule has 47 heavy (non-hydrogen) atoms. The summed E-state index contributed by atoms with van der Waals surface area (Å²) in [6.45, 7) is 5.71. The Morgan fingerprint density at radius 1 is 0.957 bits per heavy atom. The fourth-order valence-corrected chi connectivity index (χ4v) is 6.60. The predicted molar refractivity (Wildman–Crippen MR) is 176 cm³/mol. The SMILES string of the molecule is CO[C@H]1CN(C/C=C/C(=O)N2CCC(c3ccn4ncnc(Nc5ccc(Oc6ccn7ncnc7c6)c(C)c5)c34)CC2)C[C@H]1OC. The summed E-state index contributed by atoms with van der Waals surface area (Å²) in [5.41, 5.74) is 4.73. The van der Waals surface area contributed by atoms with E-state index in [0.29, 0.717) is 31.3 Å². The largest absolute Gasteiger partial charge is 0.457 e. The molecule has 2 aliphatic heterocycles. The van der Waals surface area contributed by atoms with Crippen molar-refractivity contribution < 1.29 is 19.0 Å². The molecule has 13 heteroatoms. The molecule has 0 bridgehead atoms. The van der Waals surface area contributed by atoms with Gasteiger partial charge in [-0.15, -0.1) is 0 Å². The highest BCUT2D eigenvalue weighted by Crippen LogP contribution is 2.35. The lowest BCUT2D eigenvalue weighted by Gasteiger charge is -2.31. The number of hydrogen-bond acceptors (Lipinski definition) is 10. The van der Waals surface area contributed by atoms with E-state index >= 15 is 0 Å². The first-order chi connectivity index (χ1) is 23.0. The van der Waals surface area contributed by atoms with E-state index in [9.17, 15) is 4.79 Å². The molecular formula is C34H39N9O4. The number of carbonyl (C=O) groups excluding carboxylic acids is 1. The highest BCUT2D eigenvalue weighted by molar-refractivity contribution is 5.87. The van der Waals surface area contributed by atoms with E-state index in [1.165, 1.54) is 11.9 Å². The highest BCUT2D eigenvalue weighted by atomic mass is 16.5. The molecule has 0 saturated carbocycles. The molecule has 1 amide bonds. The predicted octanol–water partition coefficient (Wildman–Crippen LogP) is 4.22. The first-order valence-corrected chi connectivity index (χ1v) is 15.9. The van der Waals surface area contributed by atoms with Crippen LogP contribution in [-0.4, -0.2) is 104 Å². The van der Waals surface area contributed by atoms with Crippen molar-refractivity contribution in [1.82, 2.24) is 39.0 Å². The molecule has 0 spiro atoms. The van der Waals surface area contributed by atoms with Crippen LogP contribution < -0.4 is 10.1 Å². The van der Waals surface area contributed by atoms with Crippen LogP contribution in [0.25, 0.3) is 11.2 Å². The van der Waals surface area contributed by atoms with Crippen LogP contribution in [-0.2, 0) is 14.3 Å². The Balaban J connectivity index is 0.982. The van der Waals surface area contributed by atoms with Gasteiger partial charge in [-0.05, 0) is 67.1 Å². The lowest BCUT2D eigenvalue weighted by Crippen LogP contribution is -2.37. The molecular weight excluding hydrogens is 598 g/mol. The van der Waals surface area contributed by atoms with Gasteiger partial charge in [0, 0.05) is 77.2 Å². The van der Waals surface area contributed by atoms with Crippen molar-refractivity contribution in [3.05, 3.63) is 84.7 Å². The topological polar surface area (TPSA) is 124 Å². The number of benzene rings is 1. The van der Waals surface area contributed by atoms with Gasteiger partial charge in [0.2, 0.25) is 5.91 Å². The summed E-state index contributed by atoms with van der Waals surface area (Å²) in [7, 11) is 3.43. The Morgan fingerprint density at radius 2 is 1.70 bits per heavy atom. The minimum absolute atomic E-state index is 0.0588. The van der Waals surface area contributed by atoms with Gasteiger partial charge in [-0.25, -0.2) is 19.0 Å². The minimum atomic E-state index is 0.0588. The number of methoxy groups -OCH3 is 2. The van der Waals surface area contributed by atoms with E-state index < -0.39 is 0 Å². The van der Waals surface area contributed by atoms with Gasteiger partial charge in [0.05, 0.1) is 12.2 Å². The molecule has 6 heterocycles. The third kappa shape index (κ3) is 6.55. The smallest absolute Gasteiger partial charge is 0.246 e. The Bertz CT molecular complexity index is 1880. The van der Waals surface area contributed by atoms with E-state index in [4.69, 9.17) is 14.2 Å². The van der Waals surface area contributed by atoms with Gasteiger partial charge >= 0.3 is 0 Å². The van der Waals surface area contributed by atoms with Crippen molar-refractivity contribution >= 4 is 28.6 Å². The fraction of sp³-hybridized carbons (Fsp3) is 0.382. The number of piperidine rings is 1. The number of carbonyl (C=O) groups is 1. The highest BCUT2D eigenvalue weighted by Gasteiger charge is 2.32. The van der Waals surface area contributed by atoms with Crippen molar-refractivity contribution in [3.63, 3.8) is 0 Å². The van der Waals surface area contributed by atoms with Crippen molar-refractivity contribution in [1.29, 1.82) is 0 Å². The van der Waals surface area contributed by atoms with Crippen LogP contribution in [0, 0.1) is 6.92 Å². The van der Waals surface area contributed by atoms with E-state index in [0.717, 1.165) is 59.9 Å². The Hall–Kier alpha value is -4.85. The number of ether oxygens (including phenoxy) is 3. The molecule has 244 valence electrons. The summed E-state index contributed by atoms with van der Waals surface area (Å²) in [6.07, 6.45) is 12.4. The van der Waals surface area contributed by atoms with Crippen molar-refractivity contribution in [2.24, 2.45) is 0 Å². The molecule has 2 aliphatic rings. The summed E-state index contributed by atoms with van der Waals surface area (Å²) >= 11 is 0. The average Bonchev–Trinajstić information content (AvgIpc) is 3.84. The summed E-state index contributed by atoms with van der Waals surface area (Å²) in [5, 5.41) is 12.1. The summed E-state index contributed by atoms with van der Waals surface area (Å²) in [6, 6.07) is 11.8. The molecule has 5 aromatic rings. The van der Waals surface area contributed by atoms with Gasteiger partial charge in [0.1, 0.15) is 29.7 Å². The van der Waals surface area contributed by atoms with Crippen LogP contribution in [0.15, 0.2) is 73.6 Å². The van der Waals surface area contributed by atoms with Gasteiger partial charge in [0.25, 0.3) is 0 Å². The number of aromatic nitrogens is 6. The number of anilines is 2. The zero-order valence-electron chi connectivity index (χ0n) is 26.8. The fourth-order valence-electron chi connectivity index (χ4n) is 6.60. The lowest BCUT2D eigenvalue weighted by molar-refractivity contribution is -0.127. The van der Waals surface area contributed by atoms with Crippen LogP contribution in [0.2, 0.25) is 0 Å². The number of nitrogens with one attached hydrogen (secondary N) is 1. The van der Waals surface area contributed by atoms with Crippen LogP contribution in [0.3, 0.4) is 0 Å². The molecule has 2 saturated heterocycles. The molecule has 4 aromatic heterocycles. The third-order valence-electron chi connectivity index (χ3n) is 9.17. The molecule has 0 unspecified atom stereocenters. The quantitative estimate of drug-likeness (QED) is 0.223. The number of likely N-dealkylation sites (tertiary alicyclic amines) is 2. The maximum atomic E-state index is 13.0. The number of pyridine rings is 1. The van der Waals surface area contributed by atoms with Crippen LogP contribution in [0.5, 0.6) is 11.5 Å². The van der Waals surface area contributed by atoms with Crippen molar-refractivity contribution in [2.75, 3.05) is 52.3 Å². The number of aryl methyl sites for hydroxylation is 1. The van der Waals surface area contributed by atoms with Crippen LogP contribution in [0.1, 0.15) is 29.9 Å². The number of fused-ring (bicyclic) bond motifs is 2. The first kappa shape index (κ1) is 30.8. The number of amides is 1. The molecule has 1 aromatic carbocycles. The maximum absolute atomic E-state index is 13.0. The molecule has 1 N–H and O–H groups in total. The molecule has 2 atom stereocenters. The summed E-state index contributed by atoms with van der Waals surface area (Å²) in [5.74, 6) is 2.53. The van der Waals surface area contributed by atoms with E-state index in [2.05, 4.69) is 36.4 Å². The lowest BCUT2D eigenvalue weighted by atomic mass is 9.90. The van der Waals surface area contributed by atoms with E-state index in [1.807, 2.05) is 65.1 Å². The second kappa shape index (κ2) is 13.5. The Labute approximate surface area is 272 Å². The van der Waals surface area contributed by atoms with Gasteiger partial charge < -0.3 is 24.4 Å². The third-order valence-corrected chi connectivity index (χ3v) is 9.17. The molecule has 0 radical (unpaired) electrons. The van der Waals surface area contributed by atoms with Gasteiger partial charge in [-0.2, -0.15) is 10.2 Å². The number of rotatable bonds is 10. The zero-order chi connectivity index (χ0) is 32.3. The normalized spacial score (nSPS) is 19.3. The van der Waals surface area contributed by atoms with Gasteiger partial charge in [0.15, 0.2) is 11.5 Å². The number of nitrogens with zero attached hydrogens (tertiary/aromatic N) is 8. The summed E-state index contributed by atoms with van der Waals surface area (Å²) in [4.78, 5) is 26.0. The zero-order valence-corrected chi connectivity index (χ0v) is 26.8. The summed E-state index contributed by atoms with van der Waals surface area (Å²) < 4.78 is 20.8. The van der Waals surface area contributed by atoms with E-state index in [-0.39, 0.29) is 18.1 Å². The van der Waals surface area contributed by atoms with Crippen LogP contribution in [0.4, 0.5) is 11.5 Å².